The molecule has 0 bridgehead atoms. The minimum atomic E-state index is 0.790. The van der Waals surface area contributed by atoms with Gasteiger partial charge in [-0.15, -0.1) is 11.3 Å². The quantitative estimate of drug-likeness (QED) is 0.811. The maximum Gasteiger partial charge on any atom is 0.0931 e. The van der Waals surface area contributed by atoms with Crippen LogP contribution in [0.25, 0.3) is 0 Å². The smallest absolute Gasteiger partial charge is 0.0931 e. The molecule has 0 aliphatic carbocycles. The number of nitrogens with zero attached hydrogens (tertiary/aromatic N) is 1. The van der Waals surface area contributed by atoms with Gasteiger partial charge < -0.3 is 10.2 Å². The fraction of sp³-hybridized carbons (Fsp3) is 0.667. The van der Waals surface area contributed by atoms with E-state index >= 15 is 0 Å². The molecule has 1 atom stereocenters. The molecule has 1 unspecified atom stereocenters. The summed E-state index contributed by atoms with van der Waals surface area (Å²) in [6, 6.07) is 4.85. The molecule has 2 nitrogen and oxygen atoms in total. The van der Waals surface area contributed by atoms with Crippen LogP contribution in [-0.4, -0.2) is 42.6 Å². The van der Waals surface area contributed by atoms with Crippen LogP contribution in [0.5, 0.6) is 0 Å². The summed E-state index contributed by atoms with van der Waals surface area (Å²) in [6.45, 7) is 3.11. The van der Waals surface area contributed by atoms with E-state index in [2.05, 4.69) is 35.1 Å². The minimum absolute atomic E-state index is 0.790. The summed E-state index contributed by atoms with van der Waals surface area (Å²) < 4.78 is 0.877. The fourth-order valence-electron chi connectivity index (χ4n) is 1.97. The molecule has 2 heterocycles. The van der Waals surface area contributed by atoms with E-state index in [-0.39, 0.29) is 0 Å². The van der Waals surface area contributed by atoms with Gasteiger partial charge in [-0.2, -0.15) is 11.8 Å². The molecule has 1 aliphatic heterocycles. The average molecular weight is 291 g/mol. The van der Waals surface area contributed by atoms with Crippen molar-refractivity contribution in [3.63, 3.8) is 0 Å². The van der Waals surface area contributed by atoms with E-state index in [1.165, 1.54) is 22.8 Å². The summed E-state index contributed by atoms with van der Waals surface area (Å²) in [7, 11) is 2.24. The number of hydrogen-bond donors (Lipinski definition) is 1. The molecular formula is C12H19ClN2S2. The maximum absolute atomic E-state index is 5.89. The van der Waals surface area contributed by atoms with Gasteiger partial charge in [0, 0.05) is 36.3 Å². The summed E-state index contributed by atoms with van der Waals surface area (Å²) >= 11 is 9.62. The number of thiophene rings is 1. The highest BCUT2D eigenvalue weighted by molar-refractivity contribution is 7.99. The Morgan fingerprint density at radius 3 is 3.06 bits per heavy atom. The molecular weight excluding hydrogens is 272 g/mol. The van der Waals surface area contributed by atoms with E-state index in [1.54, 1.807) is 11.3 Å². The second-order valence-electron chi connectivity index (χ2n) is 4.38. The highest BCUT2D eigenvalue weighted by Gasteiger charge is 2.19. The standard InChI is InChI=1S/C12H19ClN2S2/c1-15(10-4-7-16-9-10)6-5-14-8-11-2-3-12(13)17-11/h2-3,10,14H,4-9H2,1H3. The van der Waals surface area contributed by atoms with Crippen LogP contribution >= 0.6 is 34.7 Å². The molecule has 17 heavy (non-hydrogen) atoms. The third-order valence-corrected chi connectivity index (χ3v) is 5.47. The predicted molar refractivity (Wildman–Crippen MR) is 79.4 cm³/mol. The first-order valence-corrected chi connectivity index (χ1v) is 8.33. The van der Waals surface area contributed by atoms with Gasteiger partial charge in [-0.05, 0) is 31.4 Å². The molecule has 96 valence electrons. The van der Waals surface area contributed by atoms with Crippen molar-refractivity contribution in [3.05, 3.63) is 21.3 Å². The molecule has 0 saturated carbocycles. The zero-order chi connectivity index (χ0) is 12.1. The van der Waals surface area contributed by atoms with Gasteiger partial charge >= 0.3 is 0 Å². The van der Waals surface area contributed by atoms with Crippen LogP contribution in [0.4, 0.5) is 0 Å². The zero-order valence-electron chi connectivity index (χ0n) is 10.1. The Labute approximate surface area is 117 Å². The van der Waals surface area contributed by atoms with Gasteiger partial charge in [0.15, 0.2) is 0 Å². The molecule has 1 N–H and O–H groups in total. The normalized spacial score (nSPS) is 20.3. The molecule has 1 fully saturated rings. The highest BCUT2D eigenvalue weighted by atomic mass is 35.5. The minimum Gasteiger partial charge on any atom is -0.311 e. The van der Waals surface area contributed by atoms with Crippen molar-refractivity contribution in [2.24, 2.45) is 0 Å². The number of halogens is 1. The first kappa shape index (κ1) is 13.7. The van der Waals surface area contributed by atoms with Gasteiger partial charge in [-0.1, -0.05) is 11.6 Å². The van der Waals surface area contributed by atoms with Crippen LogP contribution in [0.3, 0.4) is 0 Å². The summed E-state index contributed by atoms with van der Waals surface area (Å²) in [5.74, 6) is 2.63. The number of nitrogens with one attached hydrogen (secondary N) is 1. The van der Waals surface area contributed by atoms with E-state index in [0.717, 1.165) is 30.0 Å². The Morgan fingerprint density at radius 1 is 1.53 bits per heavy atom. The average Bonchev–Trinajstić information content (AvgIpc) is 2.95. The van der Waals surface area contributed by atoms with Crippen molar-refractivity contribution in [1.29, 1.82) is 0 Å². The molecule has 1 aromatic heterocycles. The topological polar surface area (TPSA) is 15.3 Å². The first-order chi connectivity index (χ1) is 8.25. The third kappa shape index (κ3) is 4.45. The summed E-state index contributed by atoms with van der Waals surface area (Å²) in [4.78, 5) is 3.79. The van der Waals surface area contributed by atoms with Gasteiger partial charge in [0.2, 0.25) is 0 Å². The van der Waals surface area contributed by atoms with Gasteiger partial charge in [0.05, 0.1) is 4.34 Å². The fourth-order valence-corrected chi connectivity index (χ4v) is 4.32. The molecule has 0 aromatic carbocycles. The number of rotatable bonds is 6. The van der Waals surface area contributed by atoms with E-state index in [1.807, 2.05) is 6.07 Å². The van der Waals surface area contributed by atoms with Crippen molar-refractivity contribution >= 4 is 34.7 Å². The van der Waals surface area contributed by atoms with Crippen LogP contribution in [0.15, 0.2) is 12.1 Å². The molecule has 0 radical (unpaired) electrons. The Balaban J connectivity index is 1.59. The maximum atomic E-state index is 5.89. The second-order valence-corrected chi connectivity index (χ2v) is 7.33. The van der Waals surface area contributed by atoms with E-state index in [0.29, 0.717) is 0 Å². The van der Waals surface area contributed by atoms with Crippen molar-refractivity contribution in [1.82, 2.24) is 10.2 Å². The van der Waals surface area contributed by atoms with E-state index in [4.69, 9.17) is 11.6 Å². The molecule has 2 rings (SSSR count). The molecule has 1 aliphatic rings. The molecule has 0 amide bonds. The molecule has 1 saturated heterocycles. The van der Waals surface area contributed by atoms with E-state index < -0.39 is 0 Å². The van der Waals surface area contributed by atoms with Gasteiger partial charge in [-0.25, -0.2) is 0 Å². The Bertz CT molecular complexity index is 337. The van der Waals surface area contributed by atoms with Crippen molar-refractivity contribution in [3.8, 4) is 0 Å². The van der Waals surface area contributed by atoms with Crippen molar-refractivity contribution in [2.45, 2.75) is 19.0 Å². The second kappa shape index (κ2) is 7.00. The number of likely N-dealkylation sites (N-methyl/N-ethyl adjacent to an activating group) is 1. The highest BCUT2D eigenvalue weighted by Crippen LogP contribution is 2.21. The number of thioether (sulfide) groups is 1. The number of hydrogen-bond acceptors (Lipinski definition) is 4. The molecule has 5 heteroatoms. The third-order valence-electron chi connectivity index (χ3n) is 3.10. The van der Waals surface area contributed by atoms with Crippen molar-refractivity contribution < 1.29 is 0 Å². The van der Waals surface area contributed by atoms with E-state index in [9.17, 15) is 0 Å². The largest absolute Gasteiger partial charge is 0.311 e. The molecule has 1 aromatic rings. The van der Waals surface area contributed by atoms with Gasteiger partial charge in [-0.3, -0.25) is 0 Å². The molecule has 0 spiro atoms. The van der Waals surface area contributed by atoms with Crippen molar-refractivity contribution in [2.75, 3.05) is 31.6 Å². The Kier molecular flexibility index (Phi) is 5.63. The van der Waals surface area contributed by atoms with Crippen LogP contribution in [0.2, 0.25) is 4.34 Å². The summed E-state index contributed by atoms with van der Waals surface area (Å²) in [5.41, 5.74) is 0. The SMILES string of the molecule is CN(CCNCc1ccc(Cl)s1)C1CCSC1. The van der Waals surface area contributed by atoms with Crippen LogP contribution < -0.4 is 5.32 Å². The Hall–Kier alpha value is 0.260. The lowest BCUT2D eigenvalue weighted by molar-refractivity contribution is 0.262. The first-order valence-electron chi connectivity index (χ1n) is 5.98. The zero-order valence-corrected chi connectivity index (χ0v) is 12.5. The lowest BCUT2D eigenvalue weighted by Gasteiger charge is -2.23. The monoisotopic (exact) mass is 290 g/mol. The van der Waals surface area contributed by atoms with Crippen LogP contribution in [0, 0.1) is 0 Å². The van der Waals surface area contributed by atoms with Gasteiger partial charge in [0.25, 0.3) is 0 Å². The van der Waals surface area contributed by atoms with Crippen LogP contribution in [0.1, 0.15) is 11.3 Å². The lowest BCUT2D eigenvalue weighted by Crippen LogP contribution is -2.36. The predicted octanol–water partition coefficient (Wildman–Crippen LogP) is 2.93. The summed E-state index contributed by atoms with van der Waals surface area (Å²) in [5, 5.41) is 3.47. The lowest BCUT2D eigenvalue weighted by atomic mass is 10.2. The van der Waals surface area contributed by atoms with Gasteiger partial charge in [0.1, 0.15) is 0 Å². The summed E-state index contributed by atoms with van der Waals surface area (Å²) in [6.07, 6.45) is 1.35. The van der Waals surface area contributed by atoms with Crippen LogP contribution in [-0.2, 0) is 6.54 Å². The Morgan fingerprint density at radius 2 is 2.41 bits per heavy atom.